The van der Waals surface area contributed by atoms with Gasteiger partial charge >= 0.3 is 63.3 Å². The third-order valence-corrected chi connectivity index (χ3v) is 0. The Balaban J connectivity index is -0.0000000886. The number of rotatable bonds is 0. The molecule has 0 spiro atoms. The van der Waals surface area contributed by atoms with E-state index in [4.69, 9.17) is 4.79 Å². The summed E-state index contributed by atoms with van der Waals surface area (Å²) in [6.45, 7) is 0. The zero-order valence-corrected chi connectivity index (χ0v) is 10.3. The minimum atomic E-state index is -4.69. The van der Waals surface area contributed by atoms with Crippen molar-refractivity contribution in [1.82, 2.24) is 0 Å². The monoisotopic (exact) mass is 444 g/mol. The van der Waals surface area contributed by atoms with E-state index in [2.05, 4.69) is 0 Å². The number of carbonyl (C=O) groups excluding carboxylic acids is 1. The Morgan fingerprint density at radius 1 is 1.09 bits per heavy atom. The fraction of sp³-hybridized carbons (Fsp3) is 0. The molecular weight excluding hydrogens is 443 g/mol. The van der Waals surface area contributed by atoms with Gasteiger partial charge in [-0.15, -0.1) is 8.78 Å². The van der Waals surface area contributed by atoms with Crippen molar-refractivity contribution in [3.8, 4) is 0 Å². The first kappa shape index (κ1) is 17.7. The minimum absolute atomic E-state index is 2.83. The summed E-state index contributed by atoms with van der Waals surface area (Å²) in [4.78, 5) is 8.11. The molecule has 0 fully saturated rings. The van der Waals surface area contributed by atoms with Crippen molar-refractivity contribution in [1.29, 1.82) is 0 Å². The van der Waals surface area contributed by atoms with Crippen LogP contribution in [0, 0.1) is 0 Å². The second-order valence-electron chi connectivity index (χ2n) is 0.489. The van der Waals surface area contributed by atoms with Gasteiger partial charge in [-0.25, -0.2) is 4.79 Å². The van der Waals surface area contributed by atoms with Crippen LogP contribution in [0.5, 0.6) is 0 Å². The van der Waals surface area contributed by atoms with Crippen molar-refractivity contribution in [2.75, 3.05) is 0 Å². The molecule has 0 aromatic carbocycles. The Morgan fingerprint density at radius 3 is 1.09 bits per heavy atom. The molecule has 0 aliphatic rings. The molecule has 0 unspecified atom stereocenters. The Bertz CT molecular complexity index is 72.1. The summed E-state index contributed by atoms with van der Waals surface area (Å²) < 4.78 is 68.5. The van der Waals surface area contributed by atoms with Crippen LogP contribution in [0.1, 0.15) is 0 Å². The van der Waals surface area contributed by atoms with Crippen LogP contribution < -0.4 is 0 Å². The summed E-state index contributed by atoms with van der Waals surface area (Å²) in [5, 5.41) is 0. The fourth-order valence-corrected chi connectivity index (χ4v) is 0. The predicted octanol–water partition coefficient (Wildman–Crippen LogP) is 2.38. The molecule has 0 rings (SSSR count). The van der Waals surface area contributed by atoms with Crippen LogP contribution in [-0.2, 0) is 0 Å². The van der Waals surface area contributed by atoms with Crippen LogP contribution in [0.25, 0.3) is 0 Å². The van der Waals surface area contributed by atoms with Crippen molar-refractivity contribution in [3.63, 3.8) is 0 Å². The summed E-state index contributed by atoms with van der Waals surface area (Å²) in [5.74, 6) is 0. The van der Waals surface area contributed by atoms with Gasteiger partial charge in [-0.05, 0) is 0 Å². The molecule has 0 aromatic heterocycles. The quantitative estimate of drug-likeness (QED) is 0.320. The average Bonchev–Trinajstić information content (AvgIpc) is 1.60. The molecule has 10 heteroatoms. The number of hydrogen-bond donors (Lipinski definition) is 0. The maximum absolute atomic E-state index is 9.82. The molecule has 0 aliphatic heterocycles. The first-order valence-electron chi connectivity index (χ1n) is 1.47. The van der Waals surface area contributed by atoms with Gasteiger partial charge in [0, 0.05) is 0 Å². The first-order chi connectivity index (χ1) is 4.88. The molecule has 2 radical (unpaired) electrons. The van der Waals surface area contributed by atoms with Gasteiger partial charge in [-0.1, -0.05) is 0 Å². The molecule has 0 saturated heterocycles. The van der Waals surface area contributed by atoms with E-state index in [0.717, 1.165) is 0 Å². The second kappa shape index (κ2) is 17.0. The van der Waals surface area contributed by atoms with E-state index < -0.39 is 47.8 Å². The Kier molecular flexibility index (Phi) is 27.2. The summed E-state index contributed by atoms with van der Waals surface area (Å²) in [6, 6.07) is 0. The van der Waals surface area contributed by atoms with E-state index in [1.54, 1.807) is 0 Å². The van der Waals surface area contributed by atoms with Crippen molar-refractivity contribution in [3.05, 3.63) is 0 Å². The molecule has 0 bridgehead atoms. The van der Waals surface area contributed by atoms with Crippen molar-refractivity contribution < 1.29 is 29.0 Å². The SMILES string of the molecule is F[As](F)F.O=C(F)F.[F][Pb][F]. The molecule has 0 amide bonds. The summed E-state index contributed by atoms with van der Waals surface area (Å²) in [5.41, 5.74) is 0. The van der Waals surface area contributed by atoms with Crippen LogP contribution in [0.3, 0.4) is 0 Å². The van der Waals surface area contributed by atoms with Gasteiger partial charge in [-0.2, -0.15) is 0 Å². The maximum atomic E-state index is 9.82. The molecule has 1 nitrogen and oxygen atoms in total. The molecule has 11 heavy (non-hydrogen) atoms. The van der Waals surface area contributed by atoms with E-state index in [0.29, 0.717) is 0 Å². The topological polar surface area (TPSA) is 17.1 Å². The standard InChI is InChI=1S/CF2O.AsF3.2FH.Pb/c2*2-1(3)4;;;/h;;2*1H;/q;;;;+2/p-2. The third kappa shape index (κ3) is 1830. The van der Waals surface area contributed by atoms with Gasteiger partial charge in [0.25, 0.3) is 0 Å². The second-order valence-corrected chi connectivity index (χ2v) is 1.85. The Morgan fingerprint density at radius 2 is 1.09 bits per heavy atom. The van der Waals surface area contributed by atoms with E-state index in [1.165, 1.54) is 0 Å². The molecule has 0 heterocycles. The van der Waals surface area contributed by atoms with E-state index in [-0.39, 0.29) is 0 Å². The van der Waals surface area contributed by atoms with E-state index in [1.807, 2.05) is 0 Å². The van der Waals surface area contributed by atoms with Crippen molar-refractivity contribution in [2.45, 2.75) is 0 Å². The molecule has 0 saturated carbocycles. The van der Waals surface area contributed by atoms with Crippen LogP contribution in [0.2, 0.25) is 0 Å². The zero-order chi connectivity index (χ0) is 9.86. The van der Waals surface area contributed by atoms with Crippen LogP contribution in [0.15, 0.2) is 0 Å². The molecule has 0 atom stereocenters. The van der Waals surface area contributed by atoms with E-state index >= 15 is 0 Å². The molecule has 0 N–H and O–H groups in total. The summed E-state index contributed by atoms with van der Waals surface area (Å²) >= 11 is -7.60. The fourth-order valence-electron chi connectivity index (χ4n) is 0. The zero-order valence-electron chi connectivity index (χ0n) is 4.50. The van der Waals surface area contributed by atoms with Gasteiger partial charge in [0.2, 0.25) is 0 Å². The predicted molar refractivity (Wildman–Crippen MR) is 24.7 cm³/mol. The van der Waals surface area contributed by atoms with Crippen LogP contribution >= 0.6 is 0 Å². The Labute approximate surface area is 76.8 Å². The first-order valence-corrected chi connectivity index (χ1v) is 6.53. The van der Waals surface area contributed by atoms with Gasteiger partial charge < -0.3 is 0 Å². The van der Waals surface area contributed by atoms with Gasteiger partial charge in [-0.3, -0.25) is 0 Å². The molecule has 68 valence electrons. The number of hydrogen-bond acceptors (Lipinski definition) is 1. The summed E-state index contributed by atoms with van der Waals surface area (Å²) in [6.07, 6.45) is -2.83. The van der Waals surface area contributed by atoms with Gasteiger partial charge in [0.15, 0.2) is 0 Å². The van der Waals surface area contributed by atoms with Crippen LogP contribution in [-0.4, -0.2) is 47.8 Å². The van der Waals surface area contributed by atoms with Crippen molar-refractivity contribution >= 4 is 47.8 Å². The third-order valence-electron chi connectivity index (χ3n) is 0. The molecule has 0 aliphatic carbocycles. The average molecular weight is 443 g/mol. The van der Waals surface area contributed by atoms with E-state index in [9.17, 15) is 24.2 Å². The number of carbonyl (C=O) groups is 1. The van der Waals surface area contributed by atoms with Gasteiger partial charge in [0.1, 0.15) is 0 Å². The molecular formula is CAsF7OPb. The molecule has 0 aromatic rings. The summed E-state index contributed by atoms with van der Waals surface area (Å²) in [7, 11) is 0. The van der Waals surface area contributed by atoms with Crippen molar-refractivity contribution in [2.24, 2.45) is 0 Å². The normalized spacial score (nSPS) is 7.27. The van der Waals surface area contributed by atoms with Gasteiger partial charge in [0.05, 0.1) is 0 Å². The van der Waals surface area contributed by atoms with Crippen LogP contribution in [0.4, 0.5) is 29.0 Å². The Hall–Kier alpha value is 0.661. The number of halogens is 7.